The van der Waals surface area contributed by atoms with Crippen LogP contribution in [0, 0.1) is 22.7 Å². The molecule has 0 bridgehead atoms. The minimum atomic E-state index is -1.61. The SMILES string of the molecule is C=C1C[C@H]2C3=CC=C(c4cccnc4)[C@@]3(C)CC[C@@H]2[C@@]2(C)CC=C(O[Si](C)(C)C)C=C12. The molecule has 0 aliphatic heterocycles. The maximum absolute atomic E-state index is 6.36. The number of fused-ring (bicyclic) bond motifs is 5. The Morgan fingerprint density at radius 1 is 1.16 bits per heavy atom. The van der Waals surface area contributed by atoms with Crippen molar-refractivity contribution in [3.8, 4) is 0 Å². The van der Waals surface area contributed by atoms with Crippen molar-refractivity contribution < 1.29 is 4.43 Å². The fraction of sp³-hybridized carbons (Fsp3) is 0.464. The normalized spacial score (nSPS) is 34.5. The average Bonchev–Trinajstić information content (AvgIpc) is 3.06. The molecule has 0 N–H and O–H groups in total. The van der Waals surface area contributed by atoms with E-state index in [1.165, 1.54) is 35.1 Å². The van der Waals surface area contributed by atoms with E-state index >= 15 is 0 Å². The van der Waals surface area contributed by atoms with Crippen LogP contribution >= 0.6 is 0 Å². The summed E-state index contributed by atoms with van der Waals surface area (Å²) >= 11 is 0. The first-order valence-electron chi connectivity index (χ1n) is 11.7. The Labute approximate surface area is 188 Å². The molecule has 2 fully saturated rings. The molecule has 31 heavy (non-hydrogen) atoms. The number of nitrogens with zero attached hydrogens (tertiary/aromatic N) is 1. The molecule has 1 aromatic heterocycles. The minimum Gasteiger partial charge on any atom is -0.545 e. The van der Waals surface area contributed by atoms with Gasteiger partial charge in [-0.25, -0.2) is 0 Å². The van der Waals surface area contributed by atoms with Gasteiger partial charge in [0.25, 0.3) is 0 Å². The van der Waals surface area contributed by atoms with Crippen LogP contribution in [-0.4, -0.2) is 13.3 Å². The third kappa shape index (κ3) is 3.24. The summed E-state index contributed by atoms with van der Waals surface area (Å²) in [5, 5.41) is 0. The zero-order valence-corrected chi connectivity index (χ0v) is 20.7. The van der Waals surface area contributed by atoms with Crippen LogP contribution in [0.25, 0.3) is 5.57 Å². The van der Waals surface area contributed by atoms with Crippen LogP contribution in [0.3, 0.4) is 0 Å². The van der Waals surface area contributed by atoms with Crippen molar-refractivity contribution >= 4 is 13.9 Å². The van der Waals surface area contributed by atoms with E-state index in [9.17, 15) is 0 Å². The van der Waals surface area contributed by atoms with Gasteiger partial charge in [0.05, 0.1) is 5.76 Å². The van der Waals surface area contributed by atoms with Gasteiger partial charge < -0.3 is 4.43 Å². The number of hydrogen-bond acceptors (Lipinski definition) is 2. The Kier molecular flexibility index (Phi) is 4.64. The molecule has 0 radical (unpaired) electrons. The second-order valence-electron chi connectivity index (χ2n) is 11.3. The lowest BCUT2D eigenvalue weighted by atomic mass is 9.48. The summed E-state index contributed by atoms with van der Waals surface area (Å²) in [4.78, 5) is 4.39. The third-order valence-corrected chi connectivity index (χ3v) is 9.04. The van der Waals surface area contributed by atoms with Gasteiger partial charge in [-0.2, -0.15) is 0 Å². The number of rotatable bonds is 3. The Balaban J connectivity index is 1.46. The molecular weight excluding hydrogens is 394 g/mol. The summed E-state index contributed by atoms with van der Waals surface area (Å²) in [6.07, 6.45) is 18.0. The summed E-state index contributed by atoms with van der Waals surface area (Å²) in [7, 11) is -1.61. The van der Waals surface area contributed by atoms with Crippen molar-refractivity contribution in [2.45, 2.75) is 59.2 Å². The standard InChI is InChI=1S/C28H35NOSi/c1-19-16-22-24-10-9-23(20-8-7-15-29-18-20)27(24,2)14-12-25(22)28(3)13-11-21(17-26(19)28)30-31(4,5)6/h7-11,15,17-18,22,25H,1,12-14,16H2,2-6H3/t22-,25-,27+,28+/m0/s1. The van der Waals surface area contributed by atoms with E-state index in [-0.39, 0.29) is 10.8 Å². The van der Waals surface area contributed by atoms with Crippen molar-refractivity contribution in [1.82, 2.24) is 4.98 Å². The van der Waals surface area contributed by atoms with Crippen LogP contribution in [0.4, 0.5) is 0 Å². The Morgan fingerprint density at radius 2 is 1.97 bits per heavy atom. The van der Waals surface area contributed by atoms with Crippen molar-refractivity contribution in [1.29, 1.82) is 0 Å². The first kappa shape index (κ1) is 20.8. The molecular formula is C28H35NOSi. The summed E-state index contributed by atoms with van der Waals surface area (Å²) in [5.41, 5.74) is 7.38. The van der Waals surface area contributed by atoms with Gasteiger partial charge in [0, 0.05) is 17.8 Å². The van der Waals surface area contributed by atoms with Gasteiger partial charge in [-0.1, -0.05) is 49.8 Å². The second-order valence-corrected chi connectivity index (χ2v) is 15.8. The summed E-state index contributed by atoms with van der Waals surface area (Å²) < 4.78 is 6.36. The lowest BCUT2D eigenvalue weighted by Crippen LogP contribution is -2.46. The van der Waals surface area contributed by atoms with E-state index in [2.05, 4.69) is 81.5 Å². The molecule has 4 aliphatic carbocycles. The van der Waals surface area contributed by atoms with E-state index in [4.69, 9.17) is 4.43 Å². The van der Waals surface area contributed by atoms with E-state index in [1.807, 2.05) is 12.4 Å². The van der Waals surface area contributed by atoms with Gasteiger partial charge >= 0.3 is 0 Å². The van der Waals surface area contributed by atoms with Crippen LogP contribution in [0.5, 0.6) is 0 Å². The van der Waals surface area contributed by atoms with E-state index < -0.39 is 8.32 Å². The molecule has 2 saturated carbocycles. The van der Waals surface area contributed by atoms with Gasteiger partial charge in [-0.3, -0.25) is 4.98 Å². The fourth-order valence-electron chi connectivity index (χ4n) is 6.77. The average molecular weight is 430 g/mol. The molecule has 0 saturated heterocycles. The van der Waals surface area contributed by atoms with Gasteiger partial charge in [-0.05, 0) is 97.5 Å². The van der Waals surface area contributed by atoms with E-state index in [0.717, 1.165) is 18.6 Å². The molecule has 162 valence electrons. The van der Waals surface area contributed by atoms with Gasteiger partial charge in [-0.15, -0.1) is 0 Å². The smallest absolute Gasteiger partial charge is 0.242 e. The molecule has 0 aromatic carbocycles. The zero-order valence-electron chi connectivity index (χ0n) is 19.7. The number of aromatic nitrogens is 1. The van der Waals surface area contributed by atoms with Crippen LogP contribution < -0.4 is 0 Å². The first-order chi connectivity index (χ1) is 14.6. The molecule has 1 heterocycles. The molecule has 0 unspecified atom stereocenters. The van der Waals surface area contributed by atoms with Crippen molar-refractivity contribution in [2.75, 3.05) is 0 Å². The van der Waals surface area contributed by atoms with Crippen LogP contribution in [-0.2, 0) is 4.43 Å². The molecule has 0 spiro atoms. The minimum absolute atomic E-state index is 0.124. The summed E-state index contributed by atoms with van der Waals surface area (Å²) in [6, 6.07) is 4.26. The molecule has 3 heteroatoms. The predicted molar refractivity (Wildman–Crippen MR) is 132 cm³/mol. The highest BCUT2D eigenvalue weighted by molar-refractivity contribution is 6.70. The highest BCUT2D eigenvalue weighted by Gasteiger charge is 2.55. The van der Waals surface area contributed by atoms with Crippen molar-refractivity contribution in [2.24, 2.45) is 22.7 Å². The number of allylic oxidation sites excluding steroid dienone is 8. The van der Waals surface area contributed by atoms with Gasteiger partial charge in [0.15, 0.2) is 0 Å². The molecule has 4 atom stereocenters. The van der Waals surface area contributed by atoms with Crippen LogP contribution in [0.2, 0.25) is 19.6 Å². The molecule has 0 amide bonds. The third-order valence-electron chi connectivity index (χ3n) is 8.19. The predicted octanol–water partition coefficient (Wildman–Crippen LogP) is 7.47. The lowest BCUT2D eigenvalue weighted by Gasteiger charge is -2.56. The summed E-state index contributed by atoms with van der Waals surface area (Å²) in [6.45, 7) is 16.3. The maximum Gasteiger partial charge on any atom is 0.242 e. The Bertz CT molecular complexity index is 1050. The Morgan fingerprint density at radius 3 is 2.68 bits per heavy atom. The van der Waals surface area contributed by atoms with Crippen LogP contribution in [0.15, 0.2) is 77.9 Å². The fourth-order valence-corrected chi connectivity index (χ4v) is 7.62. The molecule has 5 rings (SSSR count). The Hall–Kier alpha value is -2.13. The summed E-state index contributed by atoms with van der Waals surface area (Å²) in [5.74, 6) is 2.31. The van der Waals surface area contributed by atoms with Gasteiger partial charge in [0.2, 0.25) is 8.32 Å². The zero-order chi connectivity index (χ0) is 22.0. The van der Waals surface area contributed by atoms with Gasteiger partial charge in [0.1, 0.15) is 0 Å². The lowest BCUT2D eigenvalue weighted by molar-refractivity contribution is 0.0953. The number of pyridine rings is 1. The highest BCUT2D eigenvalue weighted by Crippen LogP contribution is 2.65. The largest absolute Gasteiger partial charge is 0.545 e. The first-order valence-corrected chi connectivity index (χ1v) is 15.2. The molecule has 2 nitrogen and oxygen atoms in total. The second kappa shape index (κ2) is 6.93. The molecule has 1 aromatic rings. The topological polar surface area (TPSA) is 22.1 Å². The quantitative estimate of drug-likeness (QED) is 0.465. The maximum atomic E-state index is 6.36. The monoisotopic (exact) mass is 429 g/mol. The molecule has 4 aliphatic rings. The highest BCUT2D eigenvalue weighted by atomic mass is 28.4. The van der Waals surface area contributed by atoms with Crippen molar-refractivity contribution in [3.63, 3.8) is 0 Å². The van der Waals surface area contributed by atoms with Crippen LogP contribution in [0.1, 0.15) is 45.1 Å². The van der Waals surface area contributed by atoms with E-state index in [1.54, 1.807) is 5.57 Å². The van der Waals surface area contributed by atoms with Crippen molar-refractivity contribution in [3.05, 3.63) is 83.5 Å². The van der Waals surface area contributed by atoms with E-state index in [0.29, 0.717) is 11.8 Å². The number of hydrogen-bond donors (Lipinski definition) is 0.